The maximum absolute atomic E-state index is 11.4. The number of sulfone groups is 1. The zero-order chi connectivity index (χ0) is 14.6. The fraction of sp³-hybridized carbons (Fsp3) is 0.929. The van der Waals surface area contributed by atoms with E-state index in [1.54, 1.807) is 0 Å². The summed E-state index contributed by atoms with van der Waals surface area (Å²) in [5.74, 6) is 2.43. The van der Waals surface area contributed by atoms with Gasteiger partial charge in [-0.2, -0.15) is 0 Å². The molecule has 5 nitrogen and oxygen atoms in total. The van der Waals surface area contributed by atoms with Gasteiger partial charge in [-0.05, 0) is 44.9 Å². The Morgan fingerprint density at radius 1 is 1.25 bits per heavy atom. The molecular formula is C14H27N3O2S. The molecule has 1 atom stereocenters. The molecule has 0 amide bonds. The largest absolute Gasteiger partial charge is 0.356 e. The van der Waals surface area contributed by atoms with Gasteiger partial charge in [-0.3, -0.25) is 4.99 Å². The van der Waals surface area contributed by atoms with Crippen LogP contribution in [0.2, 0.25) is 0 Å². The number of hydrogen-bond acceptors (Lipinski definition) is 3. The molecule has 6 heteroatoms. The first kappa shape index (κ1) is 15.6. The standard InChI is InChI=1S/C14H27N3O2S/c1-11(2)17-14(15-8-12-4-3-5-12)16-9-13-6-7-20(18,19)10-13/h11-13H,3-10H2,1-2H3,(H2,15,16,17). The third-order valence-electron chi connectivity index (χ3n) is 4.04. The van der Waals surface area contributed by atoms with E-state index in [2.05, 4.69) is 29.5 Å². The lowest BCUT2D eigenvalue weighted by Crippen LogP contribution is -2.44. The summed E-state index contributed by atoms with van der Waals surface area (Å²) in [6.45, 7) is 5.74. The Labute approximate surface area is 122 Å². The molecule has 116 valence electrons. The maximum atomic E-state index is 11.4. The van der Waals surface area contributed by atoms with Gasteiger partial charge in [-0.15, -0.1) is 0 Å². The van der Waals surface area contributed by atoms with Gasteiger partial charge in [0.05, 0.1) is 11.5 Å². The molecule has 1 aliphatic heterocycles. The number of nitrogens with one attached hydrogen (secondary N) is 2. The van der Waals surface area contributed by atoms with E-state index in [4.69, 9.17) is 0 Å². The van der Waals surface area contributed by atoms with Gasteiger partial charge in [0.2, 0.25) is 0 Å². The van der Waals surface area contributed by atoms with Gasteiger partial charge in [0.1, 0.15) is 0 Å². The highest BCUT2D eigenvalue weighted by Crippen LogP contribution is 2.25. The van der Waals surface area contributed by atoms with Gasteiger partial charge in [0.15, 0.2) is 15.8 Å². The molecule has 2 N–H and O–H groups in total. The van der Waals surface area contributed by atoms with E-state index in [0.717, 1.165) is 24.8 Å². The first-order valence-corrected chi connectivity index (χ1v) is 9.52. The Morgan fingerprint density at radius 2 is 2.00 bits per heavy atom. The zero-order valence-electron chi connectivity index (χ0n) is 12.6. The number of guanidine groups is 1. The molecule has 0 radical (unpaired) electrons. The number of nitrogens with zero attached hydrogens (tertiary/aromatic N) is 1. The second kappa shape index (κ2) is 6.78. The van der Waals surface area contributed by atoms with Gasteiger partial charge >= 0.3 is 0 Å². The first-order valence-electron chi connectivity index (χ1n) is 7.70. The summed E-state index contributed by atoms with van der Waals surface area (Å²) < 4.78 is 22.9. The predicted octanol–water partition coefficient (Wildman–Crippen LogP) is 1.16. The van der Waals surface area contributed by atoms with Crippen molar-refractivity contribution in [3.05, 3.63) is 0 Å². The van der Waals surface area contributed by atoms with Crippen molar-refractivity contribution >= 4 is 15.8 Å². The summed E-state index contributed by atoms with van der Waals surface area (Å²) in [6, 6.07) is 0.329. The van der Waals surface area contributed by atoms with Gasteiger partial charge in [0.25, 0.3) is 0 Å². The molecule has 1 unspecified atom stereocenters. The predicted molar refractivity (Wildman–Crippen MR) is 82.7 cm³/mol. The number of rotatable bonds is 5. The Balaban J connectivity index is 1.82. The lowest BCUT2D eigenvalue weighted by molar-refractivity contribution is 0.314. The minimum Gasteiger partial charge on any atom is -0.356 e. The van der Waals surface area contributed by atoms with Crippen molar-refractivity contribution in [3.63, 3.8) is 0 Å². The smallest absolute Gasteiger partial charge is 0.191 e. The quantitative estimate of drug-likeness (QED) is 0.590. The van der Waals surface area contributed by atoms with Crippen LogP contribution in [0.1, 0.15) is 39.5 Å². The van der Waals surface area contributed by atoms with Gasteiger partial charge < -0.3 is 10.6 Å². The van der Waals surface area contributed by atoms with Crippen LogP contribution in [0.15, 0.2) is 4.99 Å². The molecular weight excluding hydrogens is 274 g/mol. The molecule has 0 bridgehead atoms. The van der Waals surface area contributed by atoms with E-state index < -0.39 is 9.84 Å². The fourth-order valence-electron chi connectivity index (χ4n) is 2.60. The van der Waals surface area contributed by atoms with Crippen LogP contribution >= 0.6 is 0 Å². The minimum absolute atomic E-state index is 0.189. The summed E-state index contributed by atoms with van der Waals surface area (Å²) in [5, 5.41) is 6.70. The van der Waals surface area contributed by atoms with Crippen molar-refractivity contribution in [2.45, 2.75) is 45.6 Å². The summed E-state index contributed by atoms with van der Waals surface area (Å²) in [5.41, 5.74) is 0. The van der Waals surface area contributed by atoms with Crippen LogP contribution in [0.4, 0.5) is 0 Å². The SMILES string of the molecule is CC(C)NC(=NCC1CCS(=O)(=O)C1)NCC1CCC1. The molecule has 0 aromatic heterocycles. The van der Waals surface area contributed by atoms with Gasteiger partial charge in [0, 0.05) is 19.1 Å². The van der Waals surface area contributed by atoms with E-state index in [1.807, 2.05) is 0 Å². The fourth-order valence-corrected chi connectivity index (χ4v) is 4.45. The van der Waals surface area contributed by atoms with E-state index in [0.29, 0.717) is 24.1 Å². The Bertz CT molecular complexity index is 441. The van der Waals surface area contributed by atoms with E-state index >= 15 is 0 Å². The highest BCUT2D eigenvalue weighted by atomic mass is 32.2. The van der Waals surface area contributed by atoms with Crippen LogP contribution < -0.4 is 10.6 Å². The lowest BCUT2D eigenvalue weighted by Gasteiger charge is -2.27. The van der Waals surface area contributed by atoms with Crippen molar-refractivity contribution in [2.24, 2.45) is 16.8 Å². The molecule has 1 heterocycles. The molecule has 2 aliphatic rings. The normalized spacial score (nSPS) is 26.6. The van der Waals surface area contributed by atoms with E-state index in [-0.39, 0.29) is 5.92 Å². The van der Waals surface area contributed by atoms with E-state index in [9.17, 15) is 8.42 Å². The summed E-state index contributed by atoms with van der Waals surface area (Å²) >= 11 is 0. The molecule has 0 aromatic carbocycles. The Kier molecular flexibility index (Phi) is 5.29. The van der Waals surface area contributed by atoms with Gasteiger partial charge in [-0.25, -0.2) is 8.42 Å². The topological polar surface area (TPSA) is 70.6 Å². The monoisotopic (exact) mass is 301 g/mol. The second-order valence-electron chi connectivity index (χ2n) is 6.44. The summed E-state index contributed by atoms with van der Waals surface area (Å²) in [7, 11) is -2.80. The summed E-state index contributed by atoms with van der Waals surface area (Å²) in [6.07, 6.45) is 4.71. The Morgan fingerprint density at radius 3 is 2.50 bits per heavy atom. The molecule has 1 aliphatic carbocycles. The van der Waals surface area contributed by atoms with Crippen LogP contribution in [-0.2, 0) is 9.84 Å². The molecule has 1 saturated carbocycles. The van der Waals surface area contributed by atoms with Crippen molar-refractivity contribution < 1.29 is 8.42 Å². The third kappa shape index (κ3) is 4.96. The molecule has 2 fully saturated rings. The zero-order valence-corrected chi connectivity index (χ0v) is 13.4. The first-order chi connectivity index (χ1) is 9.44. The average Bonchev–Trinajstić information content (AvgIpc) is 2.63. The highest BCUT2D eigenvalue weighted by Gasteiger charge is 2.27. The third-order valence-corrected chi connectivity index (χ3v) is 5.88. The summed E-state index contributed by atoms with van der Waals surface area (Å²) in [4.78, 5) is 4.57. The van der Waals surface area contributed by atoms with Crippen LogP contribution in [0.5, 0.6) is 0 Å². The highest BCUT2D eigenvalue weighted by molar-refractivity contribution is 7.91. The number of hydrogen-bond donors (Lipinski definition) is 2. The van der Waals surface area contributed by atoms with Crippen molar-refractivity contribution in [1.29, 1.82) is 0 Å². The molecule has 0 spiro atoms. The maximum Gasteiger partial charge on any atom is 0.191 e. The van der Waals surface area contributed by atoms with Crippen LogP contribution in [-0.4, -0.2) is 45.0 Å². The van der Waals surface area contributed by atoms with Crippen LogP contribution in [0.25, 0.3) is 0 Å². The van der Waals surface area contributed by atoms with Crippen LogP contribution in [0, 0.1) is 11.8 Å². The average molecular weight is 301 g/mol. The van der Waals surface area contributed by atoms with E-state index in [1.165, 1.54) is 19.3 Å². The Hall–Kier alpha value is -0.780. The van der Waals surface area contributed by atoms with Crippen molar-refractivity contribution in [3.8, 4) is 0 Å². The van der Waals surface area contributed by atoms with Crippen molar-refractivity contribution in [1.82, 2.24) is 10.6 Å². The van der Waals surface area contributed by atoms with Crippen LogP contribution in [0.3, 0.4) is 0 Å². The lowest BCUT2D eigenvalue weighted by atomic mass is 9.85. The second-order valence-corrected chi connectivity index (χ2v) is 8.66. The van der Waals surface area contributed by atoms with Crippen molar-refractivity contribution in [2.75, 3.05) is 24.6 Å². The van der Waals surface area contributed by atoms with Gasteiger partial charge in [-0.1, -0.05) is 6.42 Å². The minimum atomic E-state index is -2.80. The number of aliphatic imine (C=N–C) groups is 1. The molecule has 20 heavy (non-hydrogen) atoms. The molecule has 1 saturated heterocycles. The molecule has 2 rings (SSSR count). The molecule has 0 aromatic rings.